The predicted octanol–water partition coefficient (Wildman–Crippen LogP) is 4.74. The second kappa shape index (κ2) is 6.59. The third-order valence-corrected chi connectivity index (χ3v) is 7.23. The molecule has 3 aliphatic rings. The summed E-state index contributed by atoms with van der Waals surface area (Å²) < 4.78 is 13.1. The van der Waals surface area contributed by atoms with Gasteiger partial charge in [-0.3, -0.25) is 5.41 Å². The Kier molecular flexibility index (Phi) is 4.46. The molecule has 2 bridgehead atoms. The van der Waals surface area contributed by atoms with Crippen LogP contribution in [0.1, 0.15) is 50.2 Å². The van der Waals surface area contributed by atoms with E-state index in [1.165, 1.54) is 0 Å². The average molecular weight is 439 g/mol. The number of rotatable bonds is 1. The van der Waals surface area contributed by atoms with Gasteiger partial charge in [0.15, 0.2) is 5.41 Å². The number of hydrogen-bond acceptors (Lipinski definition) is 6. The second-order valence-electron chi connectivity index (χ2n) is 7.72. The van der Waals surface area contributed by atoms with Crippen LogP contribution in [0.3, 0.4) is 0 Å². The summed E-state index contributed by atoms with van der Waals surface area (Å²) in [5, 5.41) is 39.4. The van der Waals surface area contributed by atoms with Crippen LogP contribution in [0.15, 0.2) is 28.7 Å². The molecule has 142 valence electrons. The van der Waals surface area contributed by atoms with E-state index in [0.717, 1.165) is 25.7 Å². The van der Waals surface area contributed by atoms with Gasteiger partial charge in [0.2, 0.25) is 17.1 Å². The molecule has 0 radical (unpaired) electrons. The molecular formula is C21H19BrN4O2. The minimum Gasteiger partial charge on any atom is -0.447 e. The Hall–Kier alpha value is -2.40. The molecule has 4 unspecified atom stereocenters. The van der Waals surface area contributed by atoms with Gasteiger partial charge in [0, 0.05) is 10.9 Å². The lowest BCUT2D eigenvalue weighted by atomic mass is 9.52. The maximum atomic E-state index is 10.3. The number of benzene rings is 1. The molecule has 2 saturated heterocycles. The lowest BCUT2D eigenvalue weighted by molar-refractivity contribution is -0.289. The summed E-state index contributed by atoms with van der Waals surface area (Å²) in [7, 11) is 0. The molecule has 0 spiro atoms. The van der Waals surface area contributed by atoms with Crippen LogP contribution in [0.2, 0.25) is 0 Å². The molecule has 28 heavy (non-hydrogen) atoms. The van der Waals surface area contributed by atoms with Crippen molar-refractivity contribution >= 4 is 21.8 Å². The normalized spacial score (nSPS) is 35.9. The molecule has 1 N–H and O–H groups in total. The number of ether oxygens (including phenoxy) is 2. The zero-order chi connectivity index (χ0) is 20.0. The molecule has 4 rings (SSSR count). The zero-order valence-corrected chi connectivity index (χ0v) is 16.8. The van der Waals surface area contributed by atoms with Crippen molar-refractivity contribution < 1.29 is 9.47 Å². The molecule has 4 atom stereocenters. The molecule has 1 aromatic rings. The number of halogens is 1. The second-order valence-corrected chi connectivity index (χ2v) is 8.57. The largest absolute Gasteiger partial charge is 0.447 e. The summed E-state index contributed by atoms with van der Waals surface area (Å²) in [4.78, 5) is 0. The molecule has 1 aliphatic carbocycles. The lowest BCUT2D eigenvalue weighted by Crippen LogP contribution is -2.59. The fourth-order valence-electron chi connectivity index (χ4n) is 5.18. The topological polar surface area (TPSA) is 114 Å². The zero-order valence-electron chi connectivity index (χ0n) is 15.2. The predicted molar refractivity (Wildman–Crippen MR) is 102 cm³/mol. The van der Waals surface area contributed by atoms with E-state index in [1.807, 2.05) is 12.1 Å². The van der Waals surface area contributed by atoms with E-state index in [0.29, 0.717) is 22.9 Å². The van der Waals surface area contributed by atoms with Crippen molar-refractivity contribution in [3.8, 4) is 18.2 Å². The third-order valence-electron chi connectivity index (χ3n) is 6.50. The van der Waals surface area contributed by atoms with Gasteiger partial charge in [0.1, 0.15) is 6.10 Å². The van der Waals surface area contributed by atoms with E-state index in [4.69, 9.17) is 14.9 Å². The third kappa shape index (κ3) is 2.17. The highest BCUT2D eigenvalue weighted by Crippen LogP contribution is 2.69. The Bertz CT molecular complexity index is 944. The number of hydrogen-bond donors (Lipinski definition) is 1. The van der Waals surface area contributed by atoms with Gasteiger partial charge in [0.25, 0.3) is 0 Å². The summed E-state index contributed by atoms with van der Waals surface area (Å²) in [5.41, 5.74) is -2.93. The first-order valence-electron chi connectivity index (χ1n) is 9.45. The standard InChI is InChI=1S/C21H19BrN4O2/c22-15-8-5-4-7-14(15)17-19(11-23,12-24)20(13-25)16-9-3-1-2-6-10-21(16,27-17)28-18(20)26/h4-5,7-8,16-17,26H,1-3,6,9-10H2. The first kappa shape index (κ1) is 18.9. The lowest BCUT2D eigenvalue weighted by Gasteiger charge is -2.50. The Labute approximate surface area is 172 Å². The highest BCUT2D eigenvalue weighted by Gasteiger charge is 2.80. The number of nitrogens with zero attached hydrogens (tertiary/aromatic N) is 3. The van der Waals surface area contributed by atoms with Gasteiger partial charge < -0.3 is 9.47 Å². The summed E-state index contributed by atoms with van der Waals surface area (Å²) in [6.45, 7) is 0. The van der Waals surface area contributed by atoms with Crippen LogP contribution in [0.25, 0.3) is 0 Å². The summed E-state index contributed by atoms with van der Waals surface area (Å²) in [6, 6.07) is 13.7. The molecule has 7 heteroatoms. The number of nitriles is 3. The van der Waals surface area contributed by atoms with Crippen molar-refractivity contribution in [2.24, 2.45) is 16.7 Å². The molecule has 0 amide bonds. The Morgan fingerprint density at radius 3 is 2.43 bits per heavy atom. The van der Waals surface area contributed by atoms with Gasteiger partial charge in [-0.15, -0.1) is 0 Å². The van der Waals surface area contributed by atoms with E-state index < -0.39 is 28.6 Å². The van der Waals surface area contributed by atoms with Crippen molar-refractivity contribution in [2.45, 2.75) is 50.4 Å². The molecule has 0 aromatic heterocycles. The van der Waals surface area contributed by atoms with E-state index in [-0.39, 0.29) is 5.90 Å². The minimum absolute atomic E-state index is 0.306. The molecule has 6 nitrogen and oxygen atoms in total. The van der Waals surface area contributed by atoms with E-state index in [9.17, 15) is 15.8 Å². The molecule has 1 saturated carbocycles. The van der Waals surface area contributed by atoms with Crippen molar-refractivity contribution in [1.82, 2.24) is 0 Å². The maximum absolute atomic E-state index is 10.3. The fourth-order valence-corrected chi connectivity index (χ4v) is 5.67. The summed E-state index contributed by atoms with van der Waals surface area (Å²) in [5.74, 6) is -1.97. The SMILES string of the molecule is N#CC1(C#N)C(c2ccccc2Br)OC23CCCCCCC2C1(C#N)C(=N)O3. The monoisotopic (exact) mass is 438 g/mol. The first-order valence-corrected chi connectivity index (χ1v) is 10.2. The van der Waals surface area contributed by atoms with Gasteiger partial charge in [-0.05, 0) is 24.5 Å². The van der Waals surface area contributed by atoms with Gasteiger partial charge in [-0.1, -0.05) is 53.4 Å². The van der Waals surface area contributed by atoms with Gasteiger partial charge in [-0.25, -0.2) is 0 Å². The molecular weight excluding hydrogens is 420 g/mol. The smallest absolute Gasteiger partial charge is 0.217 e. The van der Waals surface area contributed by atoms with Gasteiger partial charge >= 0.3 is 0 Å². The van der Waals surface area contributed by atoms with Gasteiger partial charge in [0.05, 0.1) is 24.1 Å². The first-order chi connectivity index (χ1) is 13.5. The van der Waals surface area contributed by atoms with Crippen molar-refractivity contribution in [2.75, 3.05) is 0 Å². The van der Waals surface area contributed by atoms with Crippen molar-refractivity contribution in [3.05, 3.63) is 34.3 Å². The van der Waals surface area contributed by atoms with Crippen LogP contribution in [0, 0.1) is 56.2 Å². The van der Waals surface area contributed by atoms with Crippen molar-refractivity contribution in [3.63, 3.8) is 0 Å². The summed E-state index contributed by atoms with van der Waals surface area (Å²) >= 11 is 3.49. The van der Waals surface area contributed by atoms with Gasteiger partial charge in [-0.2, -0.15) is 15.8 Å². The van der Waals surface area contributed by atoms with Crippen LogP contribution in [0.5, 0.6) is 0 Å². The van der Waals surface area contributed by atoms with Crippen molar-refractivity contribution in [1.29, 1.82) is 21.2 Å². The van der Waals surface area contributed by atoms with E-state index in [2.05, 4.69) is 34.1 Å². The van der Waals surface area contributed by atoms with E-state index >= 15 is 0 Å². The fraction of sp³-hybridized carbons (Fsp3) is 0.524. The number of nitrogens with one attached hydrogen (secondary N) is 1. The minimum atomic E-state index is -1.88. The average Bonchev–Trinajstić information content (AvgIpc) is 2.85. The van der Waals surface area contributed by atoms with Crippen LogP contribution >= 0.6 is 15.9 Å². The Morgan fingerprint density at radius 1 is 1.04 bits per heavy atom. The highest BCUT2D eigenvalue weighted by molar-refractivity contribution is 9.10. The Balaban J connectivity index is 2.01. The quantitative estimate of drug-likeness (QED) is 0.679. The molecule has 2 heterocycles. The molecule has 2 aliphatic heterocycles. The summed E-state index contributed by atoms with van der Waals surface area (Å²) in [6.07, 6.45) is 3.86. The molecule has 3 fully saturated rings. The van der Waals surface area contributed by atoms with Crippen LogP contribution in [-0.2, 0) is 9.47 Å². The van der Waals surface area contributed by atoms with Crippen LogP contribution < -0.4 is 0 Å². The molecule has 1 aromatic carbocycles. The van der Waals surface area contributed by atoms with Crippen LogP contribution in [-0.4, -0.2) is 11.7 Å². The highest BCUT2D eigenvalue weighted by atomic mass is 79.9. The van der Waals surface area contributed by atoms with E-state index in [1.54, 1.807) is 12.1 Å². The Morgan fingerprint density at radius 2 is 1.75 bits per heavy atom. The van der Waals surface area contributed by atoms with Crippen LogP contribution in [0.4, 0.5) is 0 Å². The maximum Gasteiger partial charge on any atom is 0.217 e.